The number of β-amino-alcohol motifs (C(OH)–C–C–N with tert-alkyl or cyclic N) is 1. The van der Waals surface area contributed by atoms with Gasteiger partial charge in [0.15, 0.2) is 0 Å². The summed E-state index contributed by atoms with van der Waals surface area (Å²) in [6.45, 7) is 4.64. The van der Waals surface area contributed by atoms with Crippen LogP contribution >= 0.6 is 0 Å². The van der Waals surface area contributed by atoms with E-state index in [-0.39, 0.29) is 29.6 Å². The number of halogens is 3. The van der Waals surface area contributed by atoms with Crippen LogP contribution in [0.3, 0.4) is 0 Å². The van der Waals surface area contributed by atoms with Gasteiger partial charge in [-0.1, -0.05) is 0 Å². The Labute approximate surface area is 222 Å². The Morgan fingerprint density at radius 1 is 1.03 bits per heavy atom. The lowest BCUT2D eigenvalue weighted by molar-refractivity contribution is -0.138. The molecule has 5 rings (SSSR count). The van der Waals surface area contributed by atoms with Gasteiger partial charge in [0.1, 0.15) is 11.2 Å². The fraction of sp³-hybridized carbons (Fsp3) is 0.462. The lowest BCUT2D eigenvalue weighted by Gasteiger charge is -2.38. The summed E-state index contributed by atoms with van der Waals surface area (Å²) in [4.78, 5) is 43.5. The van der Waals surface area contributed by atoms with Crippen LogP contribution in [0.25, 0.3) is 10.9 Å². The minimum atomic E-state index is -4.45. The molecule has 2 aliphatic heterocycles. The Bertz CT molecular complexity index is 1360. The number of fused-ring (bicyclic) bond motifs is 1. The number of aromatic amines is 1. The van der Waals surface area contributed by atoms with Gasteiger partial charge in [-0.25, -0.2) is 4.98 Å². The van der Waals surface area contributed by atoms with Crippen molar-refractivity contribution in [3.63, 3.8) is 0 Å². The number of benzene rings is 1. The first-order valence-corrected chi connectivity index (χ1v) is 12.9. The second-order valence-electron chi connectivity index (χ2n) is 9.79. The lowest BCUT2D eigenvalue weighted by Crippen LogP contribution is -2.52. The molecule has 4 heterocycles. The highest BCUT2D eigenvalue weighted by atomic mass is 19.4. The molecule has 2 fully saturated rings. The van der Waals surface area contributed by atoms with Gasteiger partial charge < -0.3 is 25.2 Å². The van der Waals surface area contributed by atoms with E-state index >= 15 is 0 Å². The summed E-state index contributed by atoms with van der Waals surface area (Å²) in [5.41, 5.74) is -0.446. The van der Waals surface area contributed by atoms with Crippen molar-refractivity contribution in [2.75, 3.05) is 62.6 Å². The third-order valence-corrected chi connectivity index (χ3v) is 7.31. The summed E-state index contributed by atoms with van der Waals surface area (Å²) in [5.74, 6) is 0.620. The second-order valence-corrected chi connectivity index (χ2v) is 9.79. The number of piperazine rings is 1. The molecule has 0 unspecified atom stereocenters. The molecule has 13 heteroatoms. The van der Waals surface area contributed by atoms with Crippen molar-refractivity contribution in [2.45, 2.75) is 19.0 Å². The third kappa shape index (κ3) is 5.98. The first-order valence-electron chi connectivity index (χ1n) is 12.9. The van der Waals surface area contributed by atoms with Gasteiger partial charge in [0.25, 0.3) is 5.56 Å². The molecular weight excluding hydrogens is 515 g/mol. The average Bonchev–Trinajstić information content (AvgIpc) is 2.93. The minimum Gasteiger partial charge on any atom is -0.395 e. The van der Waals surface area contributed by atoms with Crippen molar-refractivity contribution in [2.24, 2.45) is 5.92 Å². The molecule has 0 saturated carbocycles. The number of hydrogen-bond donors (Lipinski definition) is 3. The number of H-pyrrole nitrogens is 1. The number of hydrogen-bond acceptors (Lipinski definition) is 8. The molecule has 10 nitrogen and oxygen atoms in total. The smallest absolute Gasteiger partial charge is 0.395 e. The van der Waals surface area contributed by atoms with Crippen LogP contribution in [0, 0.1) is 5.92 Å². The number of alkyl halides is 3. The highest BCUT2D eigenvalue weighted by molar-refractivity contribution is 5.91. The Hall–Kier alpha value is -3.71. The van der Waals surface area contributed by atoms with Crippen molar-refractivity contribution in [3.8, 4) is 0 Å². The lowest BCUT2D eigenvalue weighted by atomic mass is 9.95. The number of rotatable bonds is 6. The molecule has 2 aliphatic rings. The Morgan fingerprint density at radius 3 is 2.36 bits per heavy atom. The number of pyridine rings is 1. The highest BCUT2D eigenvalue weighted by Crippen LogP contribution is 2.31. The predicted molar refractivity (Wildman–Crippen MR) is 140 cm³/mol. The largest absolute Gasteiger partial charge is 0.416 e. The molecule has 39 heavy (non-hydrogen) atoms. The summed E-state index contributed by atoms with van der Waals surface area (Å²) < 4.78 is 38.9. The minimum absolute atomic E-state index is 0.0984. The van der Waals surface area contributed by atoms with Crippen LogP contribution < -0.4 is 15.8 Å². The van der Waals surface area contributed by atoms with E-state index in [0.717, 1.165) is 25.2 Å². The zero-order valence-corrected chi connectivity index (χ0v) is 21.2. The van der Waals surface area contributed by atoms with Crippen molar-refractivity contribution in [1.29, 1.82) is 0 Å². The number of nitrogens with zero attached hydrogens (tertiary/aromatic N) is 5. The predicted octanol–water partition coefficient (Wildman–Crippen LogP) is 2.43. The van der Waals surface area contributed by atoms with E-state index in [0.29, 0.717) is 62.7 Å². The zero-order valence-electron chi connectivity index (χ0n) is 21.2. The fourth-order valence-corrected chi connectivity index (χ4v) is 5.11. The van der Waals surface area contributed by atoms with Crippen molar-refractivity contribution in [3.05, 3.63) is 52.4 Å². The number of aliphatic hydroxyl groups is 1. The molecule has 0 radical (unpaired) electrons. The van der Waals surface area contributed by atoms with Gasteiger partial charge in [-0.15, -0.1) is 0 Å². The summed E-state index contributed by atoms with van der Waals surface area (Å²) in [7, 11) is 0. The molecule has 1 aromatic carbocycles. The van der Waals surface area contributed by atoms with Crippen LogP contribution in [0.15, 0.2) is 41.3 Å². The van der Waals surface area contributed by atoms with Gasteiger partial charge in [-0.05, 0) is 43.2 Å². The van der Waals surface area contributed by atoms with Crippen LogP contribution in [0.4, 0.5) is 30.6 Å². The molecule has 3 aromatic rings. The topological polar surface area (TPSA) is 118 Å². The fourth-order valence-electron chi connectivity index (χ4n) is 5.11. The van der Waals surface area contributed by atoms with Crippen LogP contribution in [-0.4, -0.2) is 88.2 Å². The van der Waals surface area contributed by atoms with Gasteiger partial charge in [0.05, 0.1) is 17.7 Å². The van der Waals surface area contributed by atoms with Crippen molar-refractivity contribution >= 4 is 34.3 Å². The van der Waals surface area contributed by atoms with Gasteiger partial charge >= 0.3 is 6.18 Å². The SMILES string of the molecule is O=C(C1CCN(c2nc(Nc3ccc(C(F)(F)F)cc3)c3c(=O)[nH]ccc3n2)CC1)N1CCN(CCO)CC1. The number of amides is 1. The Morgan fingerprint density at radius 2 is 1.72 bits per heavy atom. The maximum atomic E-state index is 13.1. The maximum Gasteiger partial charge on any atom is 0.416 e. The van der Waals surface area contributed by atoms with E-state index in [1.54, 1.807) is 6.07 Å². The summed E-state index contributed by atoms with van der Waals surface area (Å²) in [5, 5.41) is 12.3. The Kier molecular flexibility index (Phi) is 7.71. The molecule has 2 saturated heterocycles. The van der Waals surface area contributed by atoms with Gasteiger partial charge in [0, 0.05) is 63.6 Å². The molecule has 208 valence electrons. The van der Waals surface area contributed by atoms with Crippen LogP contribution in [0.1, 0.15) is 18.4 Å². The molecule has 0 aliphatic carbocycles. The van der Waals surface area contributed by atoms with E-state index in [4.69, 9.17) is 5.11 Å². The van der Waals surface area contributed by atoms with E-state index in [2.05, 4.69) is 25.2 Å². The van der Waals surface area contributed by atoms with E-state index in [1.807, 2.05) is 9.80 Å². The number of aromatic nitrogens is 3. The number of carbonyl (C=O) groups is 1. The molecule has 0 spiro atoms. The number of anilines is 3. The summed E-state index contributed by atoms with van der Waals surface area (Å²) >= 11 is 0. The average molecular weight is 546 g/mol. The van der Waals surface area contributed by atoms with Gasteiger partial charge in [0.2, 0.25) is 11.9 Å². The normalized spacial score (nSPS) is 17.5. The van der Waals surface area contributed by atoms with Gasteiger partial charge in [-0.3, -0.25) is 14.5 Å². The highest BCUT2D eigenvalue weighted by Gasteiger charge is 2.32. The number of carbonyl (C=O) groups excluding carboxylic acids is 1. The molecule has 1 amide bonds. The van der Waals surface area contributed by atoms with E-state index < -0.39 is 17.3 Å². The molecule has 0 atom stereocenters. The summed E-state index contributed by atoms with van der Waals surface area (Å²) in [6.07, 6.45) is -1.71. The van der Waals surface area contributed by atoms with Crippen LogP contribution in [0.2, 0.25) is 0 Å². The number of nitrogens with one attached hydrogen (secondary N) is 2. The quantitative estimate of drug-likeness (QED) is 0.433. The zero-order chi connectivity index (χ0) is 27.6. The van der Waals surface area contributed by atoms with Crippen molar-refractivity contribution < 1.29 is 23.1 Å². The van der Waals surface area contributed by atoms with Crippen LogP contribution in [0.5, 0.6) is 0 Å². The molecular formula is C26H30F3N7O3. The maximum absolute atomic E-state index is 13.1. The van der Waals surface area contributed by atoms with Crippen LogP contribution in [-0.2, 0) is 11.0 Å². The second kappa shape index (κ2) is 11.2. The van der Waals surface area contributed by atoms with E-state index in [9.17, 15) is 22.8 Å². The molecule has 0 bridgehead atoms. The van der Waals surface area contributed by atoms with Crippen molar-refractivity contribution in [1.82, 2.24) is 24.8 Å². The first kappa shape index (κ1) is 26.9. The Balaban J connectivity index is 1.30. The third-order valence-electron chi connectivity index (χ3n) is 7.31. The monoisotopic (exact) mass is 545 g/mol. The number of aliphatic hydroxyl groups excluding tert-OH is 1. The molecule has 3 N–H and O–H groups in total. The van der Waals surface area contributed by atoms with Gasteiger partial charge in [-0.2, -0.15) is 18.2 Å². The van der Waals surface area contributed by atoms with E-state index in [1.165, 1.54) is 18.3 Å². The number of piperidine rings is 1. The molecule has 2 aromatic heterocycles. The summed E-state index contributed by atoms with van der Waals surface area (Å²) in [6, 6.07) is 6.14. The standard InChI is InChI=1S/C26H30F3N7O3/c27-26(28,29)18-1-3-19(4-2-18)31-22-21-20(5-8-30-23(21)38)32-25(33-22)36-9-6-17(7-10-36)24(39)35-13-11-34(12-14-35)15-16-37/h1-5,8,17,37H,6-7,9-16H2,(H,30,38)(H,31,32,33). The first-order chi connectivity index (χ1) is 18.7.